The molecule has 6 heteroatoms. The molecule has 1 aromatic rings. The van der Waals surface area contributed by atoms with E-state index in [4.69, 9.17) is 0 Å². The molecule has 0 saturated carbocycles. The number of pyridine rings is 1. The summed E-state index contributed by atoms with van der Waals surface area (Å²) in [5, 5.41) is 3.51. The first-order chi connectivity index (χ1) is 9.56. The summed E-state index contributed by atoms with van der Waals surface area (Å²) < 4.78 is 0.852. The molecular weight excluding hydrogens is 320 g/mol. The molecule has 0 spiro atoms. The number of hydrogen-bond acceptors (Lipinski definition) is 4. The van der Waals surface area contributed by atoms with Crippen molar-refractivity contribution >= 4 is 27.5 Å². The summed E-state index contributed by atoms with van der Waals surface area (Å²) in [5.41, 5.74) is 1.04. The van der Waals surface area contributed by atoms with Gasteiger partial charge in [0.25, 0.3) is 0 Å². The highest BCUT2D eigenvalue weighted by Gasteiger charge is 2.21. The molecule has 1 aliphatic heterocycles. The van der Waals surface area contributed by atoms with Gasteiger partial charge in [0, 0.05) is 39.4 Å². The normalized spacial score (nSPS) is 16.9. The van der Waals surface area contributed by atoms with Gasteiger partial charge in [-0.2, -0.15) is 0 Å². The van der Waals surface area contributed by atoms with Crippen LogP contribution >= 0.6 is 15.9 Å². The minimum Gasteiger partial charge on any atom is -0.380 e. The minimum absolute atomic E-state index is 0.173. The minimum atomic E-state index is 0.173. The molecular formula is C14H21BrN4O. The molecule has 2 heterocycles. The Balaban J connectivity index is 1.80. The highest BCUT2D eigenvalue weighted by atomic mass is 79.9. The Morgan fingerprint density at radius 3 is 2.80 bits per heavy atom. The zero-order chi connectivity index (χ0) is 14.5. The Labute approximate surface area is 128 Å². The van der Waals surface area contributed by atoms with E-state index in [2.05, 4.69) is 31.1 Å². The van der Waals surface area contributed by atoms with E-state index in [0.29, 0.717) is 12.6 Å². The second-order valence-electron chi connectivity index (χ2n) is 5.32. The third-order valence-corrected chi connectivity index (χ3v) is 4.20. The molecule has 1 aromatic heterocycles. The topological polar surface area (TPSA) is 48.5 Å². The van der Waals surface area contributed by atoms with Crippen molar-refractivity contribution in [2.45, 2.75) is 18.9 Å². The molecule has 1 saturated heterocycles. The van der Waals surface area contributed by atoms with E-state index in [1.807, 2.05) is 12.1 Å². The van der Waals surface area contributed by atoms with Gasteiger partial charge in [0.15, 0.2) is 0 Å². The Bertz CT molecular complexity index is 458. The maximum Gasteiger partial charge on any atom is 0.236 e. The van der Waals surface area contributed by atoms with Gasteiger partial charge in [-0.1, -0.05) is 0 Å². The zero-order valence-corrected chi connectivity index (χ0v) is 13.6. The summed E-state index contributed by atoms with van der Waals surface area (Å²) in [6, 6.07) is 4.40. The van der Waals surface area contributed by atoms with Crippen LogP contribution < -0.4 is 5.32 Å². The molecule has 0 bridgehead atoms. The number of halogens is 1. The van der Waals surface area contributed by atoms with Crippen LogP contribution in [0.4, 0.5) is 5.69 Å². The Kier molecular flexibility index (Phi) is 5.37. The predicted molar refractivity (Wildman–Crippen MR) is 83.7 cm³/mol. The first kappa shape index (κ1) is 15.3. The summed E-state index contributed by atoms with van der Waals surface area (Å²) in [6.07, 6.45) is 3.86. The van der Waals surface area contributed by atoms with Crippen molar-refractivity contribution in [1.82, 2.24) is 14.8 Å². The van der Waals surface area contributed by atoms with Crippen LogP contribution in [-0.2, 0) is 4.79 Å². The molecule has 20 heavy (non-hydrogen) atoms. The molecule has 1 amide bonds. The van der Waals surface area contributed by atoms with E-state index in [-0.39, 0.29) is 5.91 Å². The van der Waals surface area contributed by atoms with Crippen LogP contribution in [0.25, 0.3) is 0 Å². The lowest BCUT2D eigenvalue weighted by atomic mass is 10.0. The number of hydrogen-bond donors (Lipinski definition) is 1. The summed E-state index contributed by atoms with van der Waals surface area (Å²) in [4.78, 5) is 19.8. The third kappa shape index (κ3) is 4.18. The van der Waals surface area contributed by atoms with E-state index in [1.165, 1.54) is 0 Å². The molecule has 5 nitrogen and oxygen atoms in total. The summed E-state index contributed by atoms with van der Waals surface area (Å²) in [7, 11) is 3.60. The van der Waals surface area contributed by atoms with E-state index in [1.54, 1.807) is 25.2 Å². The molecule has 1 N–H and O–H groups in total. The van der Waals surface area contributed by atoms with Crippen molar-refractivity contribution in [2.24, 2.45) is 0 Å². The SMILES string of the molecule is CN(C)C(=O)CN1CCC(Nc2cccnc2Br)CC1. The van der Waals surface area contributed by atoms with E-state index >= 15 is 0 Å². The van der Waals surface area contributed by atoms with Crippen molar-refractivity contribution in [2.75, 3.05) is 39.0 Å². The van der Waals surface area contributed by atoms with Crippen LogP contribution in [0.3, 0.4) is 0 Å². The Morgan fingerprint density at radius 1 is 1.50 bits per heavy atom. The molecule has 0 atom stereocenters. The first-order valence-electron chi connectivity index (χ1n) is 6.86. The predicted octanol–water partition coefficient (Wildman–Crippen LogP) is 1.81. The number of rotatable bonds is 4. The molecule has 110 valence electrons. The average Bonchev–Trinajstić information content (AvgIpc) is 2.43. The fourth-order valence-electron chi connectivity index (χ4n) is 2.28. The fraction of sp³-hybridized carbons (Fsp3) is 0.571. The van der Waals surface area contributed by atoms with Crippen LogP contribution in [0.5, 0.6) is 0 Å². The molecule has 0 aliphatic carbocycles. The fourth-order valence-corrected chi connectivity index (χ4v) is 2.65. The smallest absolute Gasteiger partial charge is 0.236 e. The highest BCUT2D eigenvalue weighted by Crippen LogP contribution is 2.22. The monoisotopic (exact) mass is 340 g/mol. The first-order valence-corrected chi connectivity index (χ1v) is 7.65. The van der Waals surface area contributed by atoms with Crippen LogP contribution in [0.2, 0.25) is 0 Å². The van der Waals surface area contributed by atoms with Gasteiger partial charge in [0.1, 0.15) is 4.60 Å². The van der Waals surface area contributed by atoms with Crippen LogP contribution in [0.1, 0.15) is 12.8 Å². The zero-order valence-electron chi connectivity index (χ0n) is 12.0. The molecule has 0 radical (unpaired) electrons. The number of anilines is 1. The average molecular weight is 341 g/mol. The third-order valence-electron chi connectivity index (χ3n) is 3.56. The lowest BCUT2D eigenvalue weighted by Crippen LogP contribution is -2.43. The van der Waals surface area contributed by atoms with Crippen LogP contribution in [0.15, 0.2) is 22.9 Å². The maximum absolute atomic E-state index is 11.7. The van der Waals surface area contributed by atoms with Crippen LogP contribution in [-0.4, -0.2) is 60.5 Å². The quantitative estimate of drug-likeness (QED) is 0.849. The standard InChI is InChI=1S/C14H21BrN4O/c1-18(2)13(20)10-19-8-5-11(6-9-19)17-12-4-3-7-16-14(12)15/h3-4,7,11,17H,5-6,8-10H2,1-2H3. The van der Waals surface area contributed by atoms with Gasteiger partial charge in [-0.3, -0.25) is 9.69 Å². The van der Waals surface area contributed by atoms with Crippen molar-refractivity contribution < 1.29 is 4.79 Å². The molecule has 1 aliphatic rings. The van der Waals surface area contributed by atoms with Gasteiger partial charge in [0.2, 0.25) is 5.91 Å². The maximum atomic E-state index is 11.7. The van der Waals surface area contributed by atoms with Crippen molar-refractivity contribution in [3.63, 3.8) is 0 Å². The highest BCUT2D eigenvalue weighted by molar-refractivity contribution is 9.10. The number of nitrogens with zero attached hydrogens (tertiary/aromatic N) is 3. The van der Waals surface area contributed by atoms with E-state index in [0.717, 1.165) is 36.2 Å². The number of amides is 1. The Hall–Kier alpha value is -1.14. The van der Waals surface area contributed by atoms with Gasteiger partial charge in [-0.25, -0.2) is 4.98 Å². The summed E-state index contributed by atoms with van der Waals surface area (Å²) in [6.45, 7) is 2.43. The summed E-state index contributed by atoms with van der Waals surface area (Å²) >= 11 is 3.45. The number of likely N-dealkylation sites (tertiary alicyclic amines) is 1. The van der Waals surface area contributed by atoms with Gasteiger partial charge < -0.3 is 10.2 Å². The van der Waals surface area contributed by atoms with Crippen molar-refractivity contribution in [3.05, 3.63) is 22.9 Å². The van der Waals surface area contributed by atoms with Crippen molar-refractivity contribution in [1.29, 1.82) is 0 Å². The second kappa shape index (κ2) is 7.04. The molecule has 2 rings (SSSR count). The number of carbonyl (C=O) groups excluding carboxylic acids is 1. The van der Waals surface area contributed by atoms with Crippen LogP contribution in [0, 0.1) is 0 Å². The number of aromatic nitrogens is 1. The number of carbonyl (C=O) groups is 1. The molecule has 0 aromatic carbocycles. The van der Waals surface area contributed by atoms with Crippen molar-refractivity contribution in [3.8, 4) is 0 Å². The number of piperidine rings is 1. The van der Waals surface area contributed by atoms with Gasteiger partial charge in [-0.05, 0) is 40.9 Å². The molecule has 1 fully saturated rings. The van der Waals surface area contributed by atoms with E-state index in [9.17, 15) is 4.79 Å². The summed E-state index contributed by atoms with van der Waals surface area (Å²) in [5.74, 6) is 0.173. The largest absolute Gasteiger partial charge is 0.380 e. The second-order valence-corrected chi connectivity index (χ2v) is 6.08. The Morgan fingerprint density at radius 2 is 2.20 bits per heavy atom. The number of nitrogens with one attached hydrogen (secondary N) is 1. The van der Waals surface area contributed by atoms with Gasteiger partial charge >= 0.3 is 0 Å². The lowest BCUT2D eigenvalue weighted by molar-refractivity contribution is -0.130. The number of likely N-dealkylation sites (N-methyl/N-ethyl adjacent to an activating group) is 1. The molecule has 0 unspecified atom stereocenters. The van der Waals surface area contributed by atoms with E-state index < -0.39 is 0 Å². The van der Waals surface area contributed by atoms with Gasteiger partial charge in [-0.15, -0.1) is 0 Å². The van der Waals surface area contributed by atoms with Gasteiger partial charge in [0.05, 0.1) is 12.2 Å². The lowest BCUT2D eigenvalue weighted by Gasteiger charge is -2.33.